The SMILES string of the molecule is CN1C(=O)C2(Cn3nncc3CO2)c2cc(F)ccc21. The lowest BCUT2D eigenvalue weighted by Crippen LogP contribution is -2.47. The lowest BCUT2D eigenvalue weighted by Gasteiger charge is -2.32. The number of carbonyl (C=O) groups is 1. The topological polar surface area (TPSA) is 60.2 Å². The number of nitrogens with zero attached hydrogens (tertiary/aromatic N) is 4. The van der Waals surface area contributed by atoms with E-state index in [0.717, 1.165) is 5.69 Å². The van der Waals surface area contributed by atoms with Crippen molar-refractivity contribution in [1.29, 1.82) is 0 Å². The van der Waals surface area contributed by atoms with E-state index >= 15 is 0 Å². The van der Waals surface area contributed by atoms with Crippen LogP contribution in [0.4, 0.5) is 10.1 Å². The number of hydrogen-bond acceptors (Lipinski definition) is 4. The van der Waals surface area contributed by atoms with E-state index in [1.165, 1.54) is 17.0 Å². The van der Waals surface area contributed by atoms with Crippen LogP contribution in [0.25, 0.3) is 0 Å². The fraction of sp³-hybridized carbons (Fsp3) is 0.308. The third-order valence-electron chi connectivity index (χ3n) is 3.94. The Labute approximate surface area is 113 Å². The Balaban J connectivity index is 1.91. The molecule has 102 valence electrons. The number of fused-ring (bicyclic) bond motifs is 3. The van der Waals surface area contributed by atoms with E-state index in [-0.39, 0.29) is 24.9 Å². The van der Waals surface area contributed by atoms with Crippen molar-refractivity contribution < 1.29 is 13.9 Å². The molecule has 2 aliphatic rings. The van der Waals surface area contributed by atoms with Crippen LogP contribution < -0.4 is 4.90 Å². The number of likely N-dealkylation sites (N-methyl/N-ethyl adjacent to an activating group) is 1. The van der Waals surface area contributed by atoms with Gasteiger partial charge in [-0.1, -0.05) is 5.21 Å². The van der Waals surface area contributed by atoms with Gasteiger partial charge in [0.2, 0.25) is 0 Å². The molecule has 1 spiro atoms. The standard InChI is InChI=1S/C13H11FN4O2/c1-17-11-3-2-8(14)4-10(11)13(12(17)19)7-18-9(6-20-13)5-15-16-18/h2-5H,6-7H2,1H3. The molecule has 1 atom stereocenters. The number of anilines is 1. The maximum atomic E-state index is 13.6. The highest BCUT2D eigenvalue weighted by molar-refractivity contribution is 6.06. The van der Waals surface area contributed by atoms with Gasteiger partial charge in [0.1, 0.15) is 5.82 Å². The van der Waals surface area contributed by atoms with Crippen molar-refractivity contribution in [2.24, 2.45) is 0 Å². The molecule has 4 rings (SSSR count). The van der Waals surface area contributed by atoms with Crippen LogP contribution in [0.5, 0.6) is 0 Å². The van der Waals surface area contributed by atoms with Gasteiger partial charge >= 0.3 is 0 Å². The summed E-state index contributed by atoms with van der Waals surface area (Å²) in [7, 11) is 1.66. The summed E-state index contributed by atoms with van der Waals surface area (Å²) in [4.78, 5) is 14.1. The van der Waals surface area contributed by atoms with Gasteiger partial charge in [0.25, 0.3) is 5.91 Å². The van der Waals surface area contributed by atoms with Crippen LogP contribution >= 0.6 is 0 Å². The van der Waals surface area contributed by atoms with Crippen LogP contribution in [0.1, 0.15) is 11.3 Å². The zero-order valence-electron chi connectivity index (χ0n) is 10.7. The fourth-order valence-corrected chi connectivity index (χ4v) is 2.89. The highest BCUT2D eigenvalue weighted by Gasteiger charge is 2.53. The summed E-state index contributed by atoms with van der Waals surface area (Å²) < 4.78 is 21.0. The predicted molar refractivity (Wildman–Crippen MR) is 66.3 cm³/mol. The third kappa shape index (κ3) is 1.27. The van der Waals surface area contributed by atoms with Crippen LogP contribution in [0, 0.1) is 5.82 Å². The van der Waals surface area contributed by atoms with E-state index in [4.69, 9.17) is 4.74 Å². The van der Waals surface area contributed by atoms with Gasteiger partial charge in [-0.3, -0.25) is 4.79 Å². The quantitative estimate of drug-likeness (QED) is 0.713. The van der Waals surface area contributed by atoms with Crippen molar-refractivity contribution >= 4 is 11.6 Å². The predicted octanol–water partition coefficient (Wildman–Crippen LogP) is 0.819. The lowest BCUT2D eigenvalue weighted by molar-refractivity contribution is -0.153. The summed E-state index contributed by atoms with van der Waals surface area (Å²) in [5.74, 6) is -0.599. The normalized spacial score (nSPS) is 24.1. The summed E-state index contributed by atoms with van der Waals surface area (Å²) in [5.41, 5.74) is 0.814. The molecule has 0 N–H and O–H groups in total. The first kappa shape index (κ1) is 11.5. The molecule has 1 aromatic heterocycles. The summed E-state index contributed by atoms with van der Waals surface area (Å²) in [6.07, 6.45) is 1.60. The molecule has 2 aliphatic heterocycles. The minimum Gasteiger partial charge on any atom is -0.352 e. The van der Waals surface area contributed by atoms with Crippen molar-refractivity contribution in [3.63, 3.8) is 0 Å². The first-order valence-corrected chi connectivity index (χ1v) is 6.21. The lowest BCUT2D eigenvalue weighted by atomic mass is 9.93. The molecule has 3 heterocycles. The van der Waals surface area contributed by atoms with Crippen molar-refractivity contribution in [2.45, 2.75) is 18.8 Å². The molecule has 2 aromatic rings. The second kappa shape index (κ2) is 3.63. The molecular formula is C13H11FN4O2. The highest BCUT2D eigenvalue weighted by Crippen LogP contribution is 2.45. The zero-order chi connectivity index (χ0) is 13.9. The van der Waals surface area contributed by atoms with E-state index < -0.39 is 5.60 Å². The molecule has 1 amide bonds. The van der Waals surface area contributed by atoms with Crippen LogP contribution in [-0.4, -0.2) is 27.9 Å². The van der Waals surface area contributed by atoms with Gasteiger partial charge in [-0.25, -0.2) is 9.07 Å². The van der Waals surface area contributed by atoms with Gasteiger partial charge in [-0.05, 0) is 18.2 Å². The third-order valence-corrected chi connectivity index (χ3v) is 3.94. The second-order valence-corrected chi connectivity index (χ2v) is 5.02. The van der Waals surface area contributed by atoms with Gasteiger partial charge in [0, 0.05) is 12.6 Å². The summed E-state index contributed by atoms with van der Waals surface area (Å²) >= 11 is 0. The molecule has 6 nitrogen and oxygen atoms in total. The molecule has 0 fully saturated rings. The average molecular weight is 274 g/mol. The van der Waals surface area contributed by atoms with E-state index in [2.05, 4.69) is 10.3 Å². The van der Waals surface area contributed by atoms with Crippen molar-refractivity contribution in [3.05, 3.63) is 41.5 Å². The van der Waals surface area contributed by atoms with Crippen LogP contribution in [0.2, 0.25) is 0 Å². The maximum absolute atomic E-state index is 13.6. The van der Waals surface area contributed by atoms with Crippen molar-refractivity contribution in [1.82, 2.24) is 15.0 Å². The second-order valence-electron chi connectivity index (χ2n) is 5.02. The van der Waals surface area contributed by atoms with Crippen LogP contribution in [-0.2, 0) is 28.3 Å². The van der Waals surface area contributed by atoms with E-state index in [1.54, 1.807) is 24.0 Å². The Bertz CT molecular complexity index is 729. The van der Waals surface area contributed by atoms with Gasteiger partial charge in [0.05, 0.1) is 30.7 Å². The number of halogens is 1. The van der Waals surface area contributed by atoms with Gasteiger partial charge in [0.15, 0.2) is 5.60 Å². The summed E-state index contributed by atoms with van der Waals surface area (Å²) in [5, 5.41) is 7.76. The first-order chi connectivity index (χ1) is 9.62. The molecule has 1 aromatic carbocycles. The van der Waals surface area contributed by atoms with E-state index in [0.29, 0.717) is 11.3 Å². The Kier molecular flexibility index (Phi) is 2.10. The molecule has 0 saturated heterocycles. The Morgan fingerprint density at radius 1 is 1.45 bits per heavy atom. The monoisotopic (exact) mass is 274 g/mol. The van der Waals surface area contributed by atoms with Gasteiger partial charge in [-0.15, -0.1) is 5.10 Å². The summed E-state index contributed by atoms with van der Waals surface area (Å²) in [6.45, 7) is 0.435. The largest absolute Gasteiger partial charge is 0.352 e. The summed E-state index contributed by atoms with van der Waals surface area (Å²) in [6, 6.07) is 4.29. The average Bonchev–Trinajstić information content (AvgIpc) is 2.98. The maximum Gasteiger partial charge on any atom is 0.265 e. The Morgan fingerprint density at radius 3 is 3.15 bits per heavy atom. The van der Waals surface area contributed by atoms with Crippen LogP contribution in [0.15, 0.2) is 24.4 Å². The number of aromatic nitrogens is 3. The van der Waals surface area contributed by atoms with Crippen molar-refractivity contribution in [3.8, 4) is 0 Å². The molecule has 1 unspecified atom stereocenters. The molecule has 0 aliphatic carbocycles. The van der Waals surface area contributed by atoms with Gasteiger partial charge < -0.3 is 9.64 Å². The minimum absolute atomic E-state index is 0.209. The zero-order valence-corrected chi connectivity index (χ0v) is 10.7. The molecule has 0 radical (unpaired) electrons. The fourth-order valence-electron chi connectivity index (χ4n) is 2.89. The molecule has 0 bridgehead atoms. The molecule has 20 heavy (non-hydrogen) atoms. The van der Waals surface area contributed by atoms with E-state index in [1.807, 2.05) is 0 Å². The molecule has 7 heteroatoms. The smallest absolute Gasteiger partial charge is 0.265 e. The van der Waals surface area contributed by atoms with E-state index in [9.17, 15) is 9.18 Å². The number of rotatable bonds is 0. The minimum atomic E-state index is -1.20. The van der Waals surface area contributed by atoms with Crippen LogP contribution in [0.3, 0.4) is 0 Å². The Morgan fingerprint density at radius 2 is 2.30 bits per heavy atom. The number of carbonyl (C=O) groups excluding carboxylic acids is 1. The number of amides is 1. The number of ether oxygens (including phenoxy) is 1. The molecular weight excluding hydrogens is 263 g/mol. The first-order valence-electron chi connectivity index (χ1n) is 6.21. The van der Waals surface area contributed by atoms with Gasteiger partial charge in [-0.2, -0.15) is 0 Å². The number of hydrogen-bond donors (Lipinski definition) is 0. The highest BCUT2D eigenvalue weighted by atomic mass is 19.1. The number of benzene rings is 1. The molecule has 0 saturated carbocycles. The van der Waals surface area contributed by atoms with Crippen molar-refractivity contribution in [2.75, 3.05) is 11.9 Å². The Hall–Kier alpha value is -2.28.